The van der Waals surface area contributed by atoms with Crippen molar-refractivity contribution < 1.29 is 28.4 Å². The SMILES string of the molecule is CCCCCCCCCCCCCC[C@@H]1OC12[C@@H]([C@@H](CO[C@H]1CC=C[C@H](OCc3ccccc3)[C@H](OCc3ccccc3)[C@H]1OCc1ccccc1)NCc1ccccc1)OC2(C)C. The van der Waals surface area contributed by atoms with E-state index in [9.17, 15) is 0 Å². The predicted octanol–water partition coefficient (Wildman–Crippen LogP) is 12.7. The third kappa shape index (κ3) is 13.7. The van der Waals surface area contributed by atoms with Crippen LogP contribution in [0.15, 0.2) is 133 Å². The monoisotopic (exact) mass is 872 g/mol. The summed E-state index contributed by atoms with van der Waals surface area (Å²) in [5.41, 5.74) is 3.81. The number of rotatable bonds is 29. The minimum Gasteiger partial charge on any atom is -0.373 e. The Kier molecular flexibility index (Phi) is 19.1. The molecule has 4 aromatic carbocycles. The van der Waals surface area contributed by atoms with Crippen molar-refractivity contribution in [2.24, 2.45) is 0 Å². The van der Waals surface area contributed by atoms with E-state index in [0.717, 1.165) is 23.1 Å². The smallest absolute Gasteiger partial charge is 0.151 e. The van der Waals surface area contributed by atoms with Crippen LogP contribution in [0.4, 0.5) is 0 Å². The van der Waals surface area contributed by atoms with Crippen LogP contribution in [0.1, 0.15) is 133 Å². The van der Waals surface area contributed by atoms with E-state index in [1.54, 1.807) is 0 Å². The van der Waals surface area contributed by atoms with Crippen molar-refractivity contribution in [3.8, 4) is 0 Å². The van der Waals surface area contributed by atoms with Crippen LogP contribution in [0, 0.1) is 0 Å². The van der Waals surface area contributed by atoms with Gasteiger partial charge in [0.2, 0.25) is 0 Å². The molecule has 1 unspecified atom stereocenters. The molecule has 2 heterocycles. The molecule has 1 aliphatic carbocycles. The molecule has 0 radical (unpaired) electrons. The van der Waals surface area contributed by atoms with Gasteiger partial charge in [0.15, 0.2) is 5.60 Å². The summed E-state index contributed by atoms with van der Waals surface area (Å²) in [5, 5.41) is 3.89. The topological polar surface area (TPSA) is 70.7 Å². The lowest BCUT2D eigenvalue weighted by Crippen LogP contribution is -2.72. The molecule has 7 nitrogen and oxygen atoms in total. The summed E-state index contributed by atoms with van der Waals surface area (Å²) in [6.45, 7) is 9.13. The van der Waals surface area contributed by atoms with Crippen LogP contribution in [0.5, 0.6) is 0 Å². The maximum Gasteiger partial charge on any atom is 0.151 e. The average molecular weight is 872 g/mol. The Hall–Kier alpha value is -3.66. The highest BCUT2D eigenvalue weighted by Gasteiger charge is 2.78. The second-order valence-electron chi connectivity index (χ2n) is 18.9. The maximum atomic E-state index is 7.16. The van der Waals surface area contributed by atoms with Crippen LogP contribution in [0.3, 0.4) is 0 Å². The fourth-order valence-electron chi connectivity index (χ4n) is 9.91. The summed E-state index contributed by atoms with van der Waals surface area (Å²) in [4.78, 5) is 0. The van der Waals surface area contributed by atoms with Crippen molar-refractivity contribution in [3.63, 3.8) is 0 Å². The van der Waals surface area contributed by atoms with Gasteiger partial charge in [-0.2, -0.15) is 0 Å². The molecule has 1 spiro atoms. The molecule has 64 heavy (non-hydrogen) atoms. The van der Waals surface area contributed by atoms with E-state index >= 15 is 0 Å². The van der Waals surface area contributed by atoms with Gasteiger partial charge in [-0.3, -0.25) is 0 Å². The molecule has 7 rings (SSSR count). The number of ether oxygens (including phenoxy) is 6. The van der Waals surface area contributed by atoms with Gasteiger partial charge in [0.1, 0.15) is 24.4 Å². The maximum absolute atomic E-state index is 7.16. The molecule has 1 N–H and O–H groups in total. The third-order valence-corrected chi connectivity index (χ3v) is 13.7. The summed E-state index contributed by atoms with van der Waals surface area (Å²) in [5.74, 6) is 0. The van der Waals surface area contributed by atoms with E-state index in [-0.39, 0.29) is 41.7 Å². The molecule has 2 aliphatic heterocycles. The van der Waals surface area contributed by atoms with Crippen LogP contribution in [-0.2, 0) is 54.8 Å². The highest BCUT2D eigenvalue weighted by molar-refractivity contribution is 5.27. The largest absolute Gasteiger partial charge is 0.373 e. The summed E-state index contributed by atoms with van der Waals surface area (Å²) in [6.07, 6.45) is 20.7. The van der Waals surface area contributed by atoms with Crippen molar-refractivity contribution in [1.82, 2.24) is 5.32 Å². The lowest BCUT2D eigenvalue weighted by molar-refractivity contribution is -0.267. The molecular weight excluding hydrogens is 795 g/mol. The van der Waals surface area contributed by atoms with Gasteiger partial charge >= 0.3 is 0 Å². The minimum atomic E-state index is -0.441. The Morgan fingerprint density at radius 2 is 1.05 bits per heavy atom. The zero-order chi connectivity index (χ0) is 44.3. The zero-order valence-electron chi connectivity index (χ0n) is 39.1. The minimum absolute atomic E-state index is 0.115. The van der Waals surface area contributed by atoms with Crippen LogP contribution < -0.4 is 5.32 Å². The molecule has 346 valence electrons. The zero-order valence-corrected chi connectivity index (χ0v) is 39.1. The van der Waals surface area contributed by atoms with Crippen LogP contribution in [0.2, 0.25) is 0 Å². The molecule has 2 saturated heterocycles. The van der Waals surface area contributed by atoms with Crippen LogP contribution >= 0.6 is 0 Å². The van der Waals surface area contributed by atoms with Crippen molar-refractivity contribution >= 4 is 0 Å². The number of unbranched alkanes of at least 4 members (excludes halogenated alkanes) is 11. The van der Waals surface area contributed by atoms with Gasteiger partial charge < -0.3 is 33.7 Å². The van der Waals surface area contributed by atoms with Crippen LogP contribution in [0.25, 0.3) is 0 Å². The number of benzene rings is 4. The lowest BCUT2D eigenvalue weighted by atomic mass is 9.73. The first-order valence-corrected chi connectivity index (χ1v) is 24.8. The number of hydrogen-bond acceptors (Lipinski definition) is 7. The molecule has 3 aliphatic rings. The van der Waals surface area contributed by atoms with Gasteiger partial charge in [-0.1, -0.05) is 217 Å². The summed E-state index contributed by atoms with van der Waals surface area (Å²) in [7, 11) is 0. The fourth-order valence-corrected chi connectivity index (χ4v) is 9.91. The van der Waals surface area contributed by atoms with Crippen molar-refractivity contribution in [2.75, 3.05) is 6.61 Å². The van der Waals surface area contributed by atoms with E-state index in [2.05, 4.69) is 129 Å². The molecule has 0 bridgehead atoms. The Morgan fingerprint density at radius 3 is 1.58 bits per heavy atom. The van der Waals surface area contributed by atoms with Gasteiger partial charge in [0.05, 0.1) is 50.3 Å². The standard InChI is InChI=1S/C57H77NO6/c1-4-5-6-7-8-9-10-11-12-13-14-27-39-52-57(63-52)55(64-56(57,2)3)49(58-40-45-29-19-15-20-30-45)44-60-51-38-28-37-50(59-41-46-31-21-16-22-32-46)53(61-42-47-33-23-17-24-34-47)54(51)62-43-48-35-25-18-26-36-48/h15-26,28-37,49-55,58H,4-14,27,38-44H2,1-3H3/t49-,50+,51+,52+,53+,54+,55-,57?/m1/s1. The fraction of sp³-hybridized carbons (Fsp3) is 0.544. The van der Waals surface area contributed by atoms with Gasteiger partial charge in [-0.15, -0.1) is 0 Å². The predicted molar refractivity (Wildman–Crippen MR) is 258 cm³/mol. The summed E-state index contributed by atoms with van der Waals surface area (Å²) in [6, 6.07) is 41.5. The number of nitrogens with one attached hydrogen (secondary N) is 1. The number of hydrogen-bond donors (Lipinski definition) is 1. The summed E-state index contributed by atoms with van der Waals surface area (Å²) >= 11 is 0. The van der Waals surface area contributed by atoms with E-state index in [4.69, 9.17) is 28.4 Å². The summed E-state index contributed by atoms with van der Waals surface area (Å²) < 4.78 is 41.4. The van der Waals surface area contributed by atoms with Gasteiger partial charge in [-0.05, 0) is 48.9 Å². The average Bonchev–Trinajstić information content (AvgIpc) is 4.12. The highest BCUT2D eigenvalue weighted by Crippen LogP contribution is 2.61. The highest BCUT2D eigenvalue weighted by atomic mass is 16.7. The van der Waals surface area contributed by atoms with Gasteiger partial charge in [-0.25, -0.2) is 0 Å². The van der Waals surface area contributed by atoms with Gasteiger partial charge in [0.25, 0.3) is 0 Å². The second kappa shape index (κ2) is 25.3. The van der Waals surface area contributed by atoms with E-state index in [1.165, 1.54) is 82.6 Å². The van der Waals surface area contributed by atoms with Crippen LogP contribution in [-0.4, -0.2) is 60.5 Å². The first-order chi connectivity index (χ1) is 31.5. The van der Waals surface area contributed by atoms with E-state index < -0.39 is 12.2 Å². The third-order valence-electron chi connectivity index (χ3n) is 13.7. The van der Waals surface area contributed by atoms with Gasteiger partial charge in [0, 0.05) is 6.54 Å². The van der Waals surface area contributed by atoms with E-state index in [0.29, 0.717) is 39.4 Å². The Morgan fingerprint density at radius 1 is 0.562 bits per heavy atom. The molecule has 0 amide bonds. The van der Waals surface area contributed by atoms with E-state index in [1.807, 2.05) is 30.3 Å². The normalized spacial score (nSPS) is 25.2. The van der Waals surface area contributed by atoms with Crippen molar-refractivity contribution in [3.05, 3.63) is 156 Å². The number of epoxide rings is 1. The first-order valence-electron chi connectivity index (χ1n) is 24.8. The van der Waals surface area contributed by atoms with Crippen molar-refractivity contribution in [2.45, 2.75) is 191 Å². The first kappa shape index (κ1) is 48.3. The lowest BCUT2D eigenvalue weighted by Gasteiger charge is -2.53. The quantitative estimate of drug-likeness (QED) is 0.0331. The molecule has 4 aromatic rings. The molecule has 0 saturated carbocycles. The Labute approximate surface area is 385 Å². The Bertz CT molecular complexity index is 1890. The molecular formula is C57H77NO6. The second-order valence-corrected chi connectivity index (χ2v) is 18.9. The van der Waals surface area contributed by atoms with Crippen molar-refractivity contribution in [1.29, 1.82) is 0 Å². The molecule has 0 aromatic heterocycles. The molecule has 7 heteroatoms. The Balaban J connectivity index is 1.04. The molecule has 8 atom stereocenters. The molecule has 2 fully saturated rings.